The zero-order valence-corrected chi connectivity index (χ0v) is 14.3. The number of hydrogen-bond donors (Lipinski definition) is 0. The highest BCUT2D eigenvalue weighted by Crippen LogP contribution is 2.26. The van der Waals surface area contributed by atoms with Crippen molar-refractivity contribution < 1.29 is 4.79 Å². The molecule has 22 heavy (non-hydrogen) atoms. The van der Waals surface area contributed by atoms with Gasteiger partial charge in [0, 0.05) is 32.7 Å². The van der Waals surface area contributed by atoms with Crippen LogP contribution < -0.4 is 0 Å². The summed E-state index contributed by atoms with van der Waals surface area (Å²) in [6.45, 7) is 8.88. The Balaban J connectivity index is 1.73. The van der Waals surface area contributed by atoms with Gasteiger partial charge in [0.25, 0.3) is 0 Å². The van der Waals surface area contributed by atoms with Gasteiger partial charge in [0.15, 0.2) is 0 Å². The van der Waals surface area contributed by atoms with Crippen LogP contribution in [0.5, 0.6) is 0 Å². The average Bonchev–Trinajstić information content (AvgIpc) is 2.44. The number of carbonyl (C=O) groups excluding carboxylic acids is 1. The maximum Gasteiger partial charge on any atom is 0.236 e. The maximum atomic E-state index is 12.4. The highest BCUT2D eigenvalue weighted by Gasteiger charge is 2.28. The lowest BCUT2D eigenvalue weighted by molar-refractivity contribution is -0.134. The monoisotopic (exact) mass is 306 g/mol. The summed E-state index contributed by atoms with van der Waals surface area (Å²) in [5.74, 6) is 1.37. The van der Waals surface area contributed by atoms with E-state index in [1.807, 2.05) is 4.90 Å². The van der Waals surface area contributed by atoms with Gasteiger partial charge < -0.3 is 4.90 Å². The van der Waals surface area contributed by atoms with E-state index in [9.17, 15) is 10.1 Å². The van der Waals surface area contributed by atoms with E-state index in [-0.39, 0.29) is 11.9 Å². The summed E-state index contributed by atoms with van der Waals surface area (Å²) in [7, 11) is 2.05. The summed E-state index contributed by atoms with van der Waals surface area (Å²) in [6, 6.07) is 2.37. The van der Waals surface area contributed by atoms with Crippen molar-refractivity contribution in [3.8, 4) is 6.07 Å². The molecule has 0 aromatic carbocycles. The van der Waals surface area contributed by atoms with Crippen LogP contribution >= 0.6 is 0 Å². The Morgan fingerprint density at radius 1 is 1.27 bits per heavy atom. The molecule has 1 saturated heterocycles. The van der Waals surface area contributed by atoms with E-state index < -0.39 is 0 Å². The zero-order valence-electron chi connectivity index (χ0n) is 14.3. The van der Waals surface area contributed by atoms with Crippen LogP contribution in [0.4, 0.5) is 0 Å². The van der Waals surface area contributed by atoms with Crippen molar-refractivity contribution in [3.05, 3.63) is 0 Å². The van der Waals surface area contributed by atoms with Crippen molar-refractivity contribution in [2.45, 2.75) is 39.2 Å². The molecular formula is C17H30N4O. The minimum absolute atomic E-state index is 0.0291. The molecule has 1 atom stereocenters. The van der Waals surface area contributed by atoms with E-state index in [1.165, 1.54) is 19.3 Å². The number of rotatable bonds is 6. The van der Waals surface area contributed by atoms with Crippen molar-refractivity contribution in [2.24, 2.45) is 11.8 Å². The molecule has 0 N–H and O–H groups in total. The zero-order chi connectivity index (χ0) is 16.1. The molecule has 0 spiro atoms. The van der Waals surface area contributed by atoms with Crippen LogP contribution in [-0.4, -0.2) is 73.0 Å². The van der Waals surface area contributed by atoms with E-state index in [4.69, 9.17) is 0 Å². The topological polar surface area (TPSA) is 50.6 Å². The minimum atomic E-state index is -0.0291. The highest BCUT2D eigenvalue weighted by molar-refractivity contribution is 5.78. The molecule has 1 amide bonds. The predicted molar refractivity (Wildman–Crippen MR) is 87.2 cm³/mol. The van der Waals surface area contributed by atoms with Crippen molar-refractivity contribution in [2.75, 3.05) is 46.3 Å². The fraction of sp³-hybridized carbons (Fsp3) is 0.882. The molecule has 0 unspecified atom stereocenters. The fourth-order valence-electron chi connectivity index (χ4n) is 3.41. The van der Waals surface area contributed by atoms with Gasteiger partial charge in [-0.3, -0.25) is 14.6 Å². The van der Waals surface area contributed by atoms with E-state index in [2.05, 4.69) is 36.8 Å². The van der Waals surface area contributed by atoms with Gasteiger partial charge in [-0.1, -0.05) is 20.3 Å². The van der Waals surface area contributed by atoms with E-state index in [0.29, 0.717) is 12.5 Å². The molecule has 1 heterocycles. The Labute approximate surface area is 134 Å². The standard InChI is InChI=1S/C17H30N4O/c1-14(2)16(11-18)20-7-9-21(10-8-20)17(22)13-19(3)12-15-5-4-6-15/h14-16H,4-10,12-13H2,1-3H3/t16-/m1/s1. The molecule has 2 fully saturated rings. The fourth-order valence-corrected chi connectivity index (χ4v) is 3.41. The largest absolute Gasteiger partial charge is 0.339 e. The molecular weight excluding hydrogens is 276 g/mol. The Morgan fingerprint density at radius 3 is 2.36 bits per heavy atom. The molecule has 0 radical (unpaired) electrons. The molecule has 5 heteroatoms. The third kappa shape index (κ3) is 4.44. The number of nitrogens with zero attached hydrogens (tertiary/aromatic N) is 4. The van der Waals surface area contributed by atoms with Gasteiger partial charge in [-0.25, -0.2) is 0 Å². The highest BCUT2D eigenvalue weighted by atomic mass is 16.2. The lowest BCUT2D eigenvalue weighted by atomic mass is 9.85. The van der Waals surface area contributed by atoms with Crippen LogP contribution in [0, 0.1) is 23.2 Å². The van der Waals surface area contributed by atoms with Crippen LogP contribution in [-0.2, 0) is 4.79 Å². The first-order valence-electron chi connectivity index (χ1n) is 8.61. The van der Waals surface area contributed by atoms with Crippen molar-refractivity contribution in [1.29, 1.82) is 5.26 Å². The van der Waals surface area contributed by atoms with Crippen LogP contribution in [0.25, 0.3) is 0 Å². The first kappa shape index (κ1) is 17.2. The molecule has 1 saturated carbocycles. The van der Waals surface area contributed by atoms with Crippen LogP contribution in [0.1, 0.15) is 33.1 Å². The lowest BCUT2D eigenvalue weighted by Crippen LogP contribution is -2.54. The molecule has 2 aliphatic rings. The third-order valence-electron chi connectivity index (χ3n) is 5.02. The smallest absolute Gasteiger partial charge is 0.236 e. The van der Waals surface area contributed by atoms with E-state index in [1.54, 1.807) is 0 Å². The van der Waals surface area contributed by atoms with Gasteiger partial charge in [-0.2, -0.15) is 5.26 Å². The normalized spacial score (nSPS) is 21.7. The predicted octanol–water partition coefficient (Wildman–Crippen LogP) is 1.41. The minimum Gasteiger partial charge on any atom is -0.339 e. The molecule has 0 aromatic rings. The summed E-state index contributed by atoms with van der Waals surface area (Å²) >= 11 is 0. The number of likely N-dealkylation sites (N-methyl/N-ethyl adjacent to an activating group) is 1. The second-order valence-corrected chi connectivity index (χ2v) is 7.23. The lowest BCUT2D eigenvalue weighted by Gasteiger charge is -2.39. The van der Waals surface area contributed by atoms with Crippen LogP contribution in [0.3, 0.4) is 0 Å². The summed E-state index contributed by atoms with van der Waals surface area (Å²) in [4.78, 5) is 18.7. The number of piperazine rings is 1. The SMILES string of the molecule is CC(C)[C@@H](C#N)N1CCN(C(=O)CN(C)CC2CCC2)CC1. The van der Waals surface area contributed by atoms with Crippen LogP contribution in [0.15, 0.2) is 0 Å². The maximum absolute atomic E-state index is 12.4. The van der Waals surface area contributed by atoms with Gasteiger partial charge in [0.1, 0.15) is 6.04 Å². The number of hydrogen-bond acceptors (Lipinski definition) is 4. The van der Waals surface area contributed by atoms with E-state index >= 15 is 0 Å². The van der Waals surface area contributed by atoms with Crippen LogP contribution in [0.2, 0.25) is 0 Å². The Morgan fingerprint density at radius 2 is 1.91 bits per heavy atom. The number of amides is 1. The molecule has 1 aliphatic heterocycles. The summed E-state index contributed by atoms with van der Waals surface area (Å²) in [5.41, 5.74) is 0. The Hall–Kier alpha value is -1.12. The Kier molecular flexibility index (Phi) is 6.22. The molecule has 5 nitrogen and oxygen atoms in total. The molecule has 0 aromatic heterocycles. The Bertz CT molecular complexity index is 405. The molecule has 124 valence electrons. The second kappa shape index (κ2) is 7.94. The third-order valence-corrected chi connectivity index (χ3v) is 5.02. The summed E-state index contributed by atoms with van der Waals surface area (Å²) in [5, 5.41) is 9.28. The molecule has 1 aliphatic carbocycles. The summed E-state index contributed by atoms with van der Waals surface area (Å²) in [6.07, 6.45) is 3.99. The molecule has 0 bridgehead atoms. The van der Waals surface area contributed by atoms with Gasteiger partial charge >= 0.3 is 0 Å². The average molecular weight is 306 g/mol. The molecule has 2 rings (SSSR count). The summed E-state index contributed by atoms with van der Waals surface area (Å²) < 4.78 is 0. The second-order valence-electron chi connectivity index (χ2n) is 7.23. The quantitative estimate of drug-likeness (QED) is 0.744. The van der Waals surface area contributed by atoms with Crippen molar-refractivity contribution in [3.63, 3.8) is 0 Å². The van der Waals surface area contributed by atoms with Crippen molar-refractivity contribution in [1.82, 2.24) is 14.7 Å². The number of nitriles is 1. The van der Waals surface area contributed by atoms with E-state index in [0.717, 1.165) is 38.6 Å². The van der Waals surface area contributed by atoms with Gasteiger partial charge in [0.05, 0.1) is 12.6 Å². The first-order chi connectivity index (χ1) is 10.5. The van der Waals surface area contributed by atoms with Gasteiger partial charge in [-0.15, -0.1) is 0 Å². The van der Waals surface area contributed by atoms with Gasteiger partial charge in [0.2, 0.25) is 5.91 Å². The van der Waals surface area contributed by atoms with Gasteiger partial charge in [-0.05, 0) is 31.7 Å². The first-order valence-corrected chi connectivity index (χ1v) is 8.61. The number of carbonyl (C=O) groups is 1. The van der Waals surface area contributed by atoms with Crippen molar-refractivity contribution >= 4 is 5.91 Å².